The molecule has 156 valence electrons. The first-order valence-electron chi connectivity index (χ1n) is 9.61. The van der Waals surface area contributed by atoms with Crippen LogP contribution in [0.15, 0.2) is 42.5 Å². The van der Waals surface area contributed by atoms with Crippen molar-refractivity contribution in [2.24, 2.45) is 0 Å². The van der Waals surface area contributed by atoms with Crippen LogP contribution < -0.4 is 10.6 Å². The van der Waals surface area contributed by atoms with Gasteiger partial charge in [-0.2, -0.15) is 0 Å². The van der Waals surface area contributed by atoms with Crippen molar-refractivity contribution < 1.29 is 18.4 Å². The summed E-state index contributed by atoms with van der Waals surface area (Å²) in [5, 5.41) is 7.66. The van der Waals surface area contributed by atoms with E-state index in [0.29, 0.717) is 18.7 Å². The van der Waals surface area contributed by atoms with Crippen molar-refractivity contribution in [1.82, 2.24) is 15.5 Å². The maximum atomic E-state index is 13.4. The SMILES string of the molecule is Cl.O=C(NC1CCCN(C(=O)C2CC(F)(F)CN2)C1)c1ccc2ccccc2c1. The number of rotatable bonds is 3. The van der Waals surface area contributed by atoms with Gasteiger partial charge in [-0.25, -0.2) is 8.78 Å². The maximum absolute atomic E-state index is 13.4. The van der Waals surface area contributed by atoms with Crippen LogP contribution in [-0.4, -0.2) is 54.4 Å². The van der Waals surface area contributed by atoms with Crippen LogP contribution in [0.2, 0.25) is 0 Å². The van der Waals surface area contributed by atoms with Crippen molar-refractivity contribution in [3.05, 3.63) is 48.0 Å². The summed E-state index contributed by atoms with van der Waals surface area (Å²) < 4.78 is 26.8. The molecule has 5 nitrogen and oxygen atoms in total. The van der Waals surface area contributed by atoms with Gasteiger partial charge in [0.2, 0.25) is 5.91 Å². The second-order valence-electron chi connectivity index (χ2n) is 7.65. The molecule has 4 rings (SSSR count). The molecule has 2 amide bonds. The molecule has 2 heterocycles. The third-order valence-corrected chi connectivity index (χ3v) is 5.49. The lowest BCUT2D eigenvalue weighted by Gasteiger charge is -2.34. The lowest BCUT2D eigenvalue weighted by Crippen LogP contribution is -2.53. The van der Waals surface area contributed by atoms with E-state index in [1.165, 1.54) is 0 Å². The number of hydrogen-bond donors (Lipinski definition) is 2. The Balaban J connectivity index is 0.00000240. The second kappa shape index (κ2) is 8.63. The van der Waals surface area contributed by atoms with Crippen molar-refractivity contribution in [2.45, 2.75) is 37.3 Å². The minimum Gasteiger partial charge on any atom is -0.348 e. The highest BCUT2D eigenvalue weighted by Crippen LogP contribution is 2.26. The summed E-state index contributed by atoms with van der Waals surface area (Å²) in [6, 6.07) is 12.3. The van der Waals surface area contributed by atoms with Gasteiger partial charge in [0.15, 0.2) is 0 Å². The third-order valence-electron chi connectivity index (χ3n) is 5.49. The number of halogens is 3. The largest absolute Gasteiger partial charge is 0.348 e. The van der Waals surface area contributed by atoms with E-state index >= 15 is 0 Å². The zero-order valence-corrected chi connectivity index (χ0v) is 16.7. The average molecular weight is 424 g/mol. The van der Waals surface area contributed by atoms with Crippen molar-refractivity contribution in [3.63, 3.8) is 0 Å². The summed E-state index contributed by atoms with van der Waals surface area (Å²) in [6.07, 6.45) is 1.03. The number of hydrogen-bond acceptors (Lipinski definition) is 3. The van der Waals surface area contributed by atoms with Crippen LogP contribution in [0, 0.1) is 0 Å². The van der Waals surface area contributed by atoms with Crippen LogP contribution in [0.1, 0.15) is 29.6 Å². The van der Waals surface area contributed by atoms with Gasteiger partial charge in [0, 0.05) is 31.1 Å². The molecular weight excluding hydrogens is 400 g/mol. The van der Waals surface area contributed by atoms with Gasteiger partial charge in [-0.3, -0.25) is 14.9 Å². The van der Waals surface area contributed by atoms with E-state index in [0.717, 1.165) is 23.6 Å². The molecule has 2 aliphatic heterocycles. The average Bonchev–Trinajstić information content (AvgIpc) is 3.07. The second-order valence-corrected chi connectivity index (χ2v) is 7.65. The summed E-state index contributed by atoms with van der Waals surface area (Å²) in [5.74, 6) is -3.32. The Morgan fingerprint density at radius 3 is 2.62 bits per heavy atom. The van der Waals surface area contributed by atoms with E-state index in [4.69, 9.17) is 0 Å². The predicted molar refractivity (Wildman–Crippen MR) is 110 cm³/mol. The van der Waals surface area contributed by atoms with Crippen molar-refractivity contribution in [2.75, 3.05) is 19.6 Å². The molecule has 2 aromatic rings. The van der Waals surface area contributed by atoms with Gasteiger partial charge in [-0.1, -0.05) is 30.3 Å². The molecule has 2 unspecified atom stereocenters. The van der Waals surface area contributed by atoms with Crippen LogP contribution in [-0.2, 0) is 4.79 Å². The Hall–Kier alpha value is -2.25. The molecule has 0 saturated carbocycles. The molecule has 0 spiro atoms. The smallest absolute Gasteiger partial charge is 0.262 e. The molecule has 2 fully saturated rings. The molecule has 0 radical (unpaired) electrons. The van der Waals surface area contributed by atoms with Gasteiger partial charge in [0.05, 0.1) is 12.6 Å². The van der Waals surface area contributed by atoms with E-state index in [9.17, 15) is 18.4 Å². The third kappa shape index (κ3) is 4.85. The highest BCUT2D eigenvalue weighted by atomic mass is 35.5. The number of nitrogens with one attached hydrogen (secondary N) is 2. The van der Waals surface area contributed by atoms with E-state index in [2.05, 4.69) is 10.6 Å². The molecular formula is C21H24ClF2N3O2. The number of fused-ring (bicyclic) bond motifs is 1. The minimum atomic E-state index is -2.83. The minimum absolute atomic E-state index is 0. The molecule has 2 atom stereocenters. The Bertz CT molecular complexity index is 908. The lowest BCUT2D eigenvalue weighted by molar-refractivity contribution is -0.135. The maximum Gasteiger partial charge on any atom is 0.262 e. The Kier molecular flexibility index (Phi) is 6.39. The summed E-state index contributed by atoms with van der Waals surface area (Å²) in [7, 11) is 0. The molecule has 8 heteroatoms. The van der Waals surface area contributed by atoms with Gasteiger partial charge in [-0.15, -0.1) is 12.4 Å². The number of nitrogens with zero attached hydrogens (tertiary/aromatic N) is 1. The Labute approximate surface area is 174 Å². The molecule has 0 aliphatic carbocycles. The molecule has 2 aliphatic rings. The van der Waals surface area contributed by atoms with Crippen molar-refractivity contribution in [3.8, 4) is 0 Å². The monoisotopic (exact) mass is 423 g/mol. The lowest BCUT2D eigenvalue weighted by atomic mass is 10.0. The van der Waals surface area contributed by atoms with E-state index in [1.54, 1.807) is 11.0 Å². The summed E-state index contributed by atoms with van der Waals surface area (Å²) >= 11 is 0. The first-order valence-corrected chi connectivity index (χ1v) is 9.61. The number of likely N-dealkylation sites (tertiary alicyclic amines) is 1. The molecule has 2 saturated heterocycles. The van der Waals surface area contributed by atoms with Gasteiger partial charge in [0.1, 0.15) is 0 Å². The number of benzene rings is 2. The van der Waals surface area contributed by atoms with Crippen LogP contribution in [0.3, 0.4) is 0 Å². The fraction of sp³-hybridized carbons (Fsp3) is 0.429. The summed E-state index contributed by atoms with van der Waals surface area (Å²) in [5.41, 5.74) is 0.569. The number of carbonyl (C=O) groups is 2. The number of alkyl halides is 2. The van der Waals surface area contributed by atoms with Gasteiger partial charge >= 0.3 is 0 Å². The normalized spacial score (nSPS) is 23.4. The van der Waals surface area contributed by atoms with Gasteiger partial charge in [0.25, 0.3) is 11.8 Å². The van der Waals surface area contributed by atoms with Crippen molar-refractivity contribution >= 4 is 35.0 Å². The van der Waals surface area contributed by atoms with Crippen LogP contribution >= 0.6 is 12.4 Å². The molecule has 29 heavy (non-hydrogen) atoms. The molecule has 2 N–H and O–H groups in total. The quantitative estimate of drug-likeness (QED) is 0.797. The van der Waals surface area contributed by atoms with E-state index in [1.807, 2.05) is 36.4 Å². The number of piperidine rings is 1. The fourth-order valence-electron chi connectivity index (χ4n) is 4.00. The highest BCUT2D eigenvalue weighted by Gasteiger charge is 2.44. The van der Waals surface area contributed by atoms with Gasteiger partial charge in [-0.05, 0) is 35.7 Å². The van der Waals surface area contributed by atoms with Gasteiger partial charge < -0.3 is 10.2 Å². The fourth-order valence-corrected chi connectivity index (χ4v) is 4.00. The standard InChI is InChI=1S/C21H23F2N3O2.ClH/c22-21(23)11-18(24-13-21)20(28)26-9-3-6-17(12-26)25-19(27)16-8-7-14-4-1-2-5-15(14)10-16;/h1-2,4-5,7-8,10,17-18,24H,3,6,9,11-13H2,(H,25,27);1H. The summed E-state index contributed by atoms with van der Waals surface area (Å²) in [4.78, 5) is 26.8. The van der Waals surface area contributed by atoms with Crippen LogP contribution in [0.25, 0.3) is 10.8 Å². The first kappa shape index (κ1) is 21.5. The first-order chi connectivity index (χ1) is 13.4. The predicted octanol–water partition coefficient (Wildman–Crippen LogP) is 2.98. The summed E-state index contributed by atoms with van der Waals surface area (Å²) in [6.45, 7) is 0.423. The Morgan fingerprint density at radius 2 is 1.90 bits per heavy atom. The van der Waals surface area contributed by atoms with Crippen molar-refractivity contribution in [1.29, 1.82) is 0 Å². The molecule has 2 aromatic carbocycles. The molecule has 0 bridgehead atoms. The molecule has 0 aromatic heterocycles. The zero-order valence-electron chi connectivity index (χ0n) is 15.9. The highest BCUT2D eigenvalue weighted by molar-refractivity contribution is 5.98. The van der Waals surface area contributed by atoms with Crippen LogP contribution in [0.4, 0.5) is 8.78 Å². The van der Waals surface area contributed by atoms with E-state index in [-0.39, 0.29) is 30.3 Å². The topological polar surface area (TPSA) is 61.4 Å². The van der Waals surface area contributed by atoms with E-state index < -0.39 is 24.9 Å². The zero-order chi connectivity index (χ0) is 19.7. The number of carbonyl (C=O) groups excluding carboxylic acids is 2. The number of amides is 2. The van der Waals surface area contributed by atoms with Crippen LogP contribution in [0.5, 0.6) is 0 Å². The Morgan fingerprint density at radius 1 is 1.14 bits per heavy atom.